The lowest BCUT2D eigenvalue weighted by atomic mass is 10.1. The van der Waals surface area contributed by atoms with Crippen LogP contribution in [-0.4, -0.2) is 42.1 Å². The molecule has 0 radical (unpaired) electrons. The van der Waals surface area contributed by atoms with E-state index in [1.807, 2.05) is 0 Å². The van der Waals surface area contributed by atoms with Gasteiger partial charge in [-0.25, -0.2) is 0 Å². The quantitative estimate of drug-likeness (QED) is 0.253. The normalized spacial score (nSPS) is 14.9. The van der Waals surface area contributed by atoms with Crippen LogP contribution in [-0.2, 0) is 4.79 Å². The van der Waals surface area contributed by atoms with E-state index in [4.69, 9.17) is 9.47 Å². The lowest BCUT2D eigenvalue weighted by Gasteiger charge is -2.12. The third kappa shape index (κ3) is 5.77. The highest BCUT2D eigenvalue weighted by Gasteiger charge is 2.36. The first kappa shape index (κ1) is 23.1. The third-order valence-corrected chi connectivity index (χ3v) is 6.02. The number of Topliss-reactive ketones (excluding diaryl/α,β-unsaturated/α-hetero) is 1. The van der Waals surface area contributed by atoms with Crippen LogP contribution in [0.15, 0.2) is 51.8 Å². The minimum absolute atomic E-state index is 0.260. The summed E-state index contributed by atoms with van der Waals surface area (Å²) in [6, 6.07) is 12.1. The number of halogens is 1. The fraction of sp³-hybridized carbons (Fsp3) is 0.261. The monoisotopic (exact) mass is 503 g/mol. The summed E-state index contributed by atoms with van der Waals surface area (Å²) in [6.45, 7) is 2.39. The van der Waals surface area contributed by atoms with Crippen LogP contribution in [0.5, 0.6) is 11.5 Å². The zero-order valence-electron chi connectivity index (χ0n) is 17.2. The minimum atomic E-state index is -0.484. The van der Waals surface area contributed by atoms with Gasteiger partial charge in [-0.15, -0.1) is 0 Å². The van der Waals surface area contributed by atoms with E-state index in [1.165, 1.54) is 0 Å². The average molecular weight is 504 g/mol. The van der Waals surface area contributed by atoms with Crippen molar-refractivity contribution < 1.29 is 23.9 Å². The Labute approximate surface area is 193 Å². The number of hydrogen-bond acceptors (Lipinski definition) is 6. The van der Waals surface area contributed by atoms with Crippen molar-refractivity contribution in [2.75, 3.05) is 20.3 Å². The van der Waals surface area contributed by atoms with Crippen molar-refractivity contribution in [3.63, 3.8) is 0 Å². The first-order chi connectivity index (χ1) is 14.9. The molecule has 1 heterocycles. The van der Waals surface area contributed by atoms with Gasteiger partial charge in [0.05, 0.1) is 25.2 Å². The molecular weight excluding hydrogens is 482 g/mol. The summed E-state index contributed by atoms with van der Waals surface area (Å²) < 4.78 is 12.0. The molecule has 2 amide bonds. The van der Waals surface area contributed by atoms with Crippen LogP contribution >= 0.6 is 27.7 Å². The molecule has 2 aromatic rings. The maximum Gasteiger partial charge on any atom is 0.293 e. The van der Waals surface area contributed by atoms with Crippen LogP contribution in [0.1, 0.15) is 35.7 Å². The van der Waals surface area contributed by atoms with Gasteiger partial charge in [0, 0.05) is 10.0 Å². The second kappa shape index (κ2) is 10.6. The summed E-state index contributed by atoms with van der Waals surface area (Å²) in [5.41, 5.74) is 1.14. The SMILES string of the molecule is CCCCOc1ccc(/C=C2\SC(=O)N(CC(=O)c3ccc(Br)cc3)C2=O)cc1OC. The molecule has 2 aromatic carbocycles. The van der Waals surface area contributed by atoms with Crippen molar-refractivity contribution in [2.24, 2.45) is 0 Å². The lowest BCUT2D eigenvalue weighted by molar-refractivity contribution is -0.122. The van der Waals surface area contributed by atoms with E-state index >= 15 is 0 Å². The van der Waals surface area contributed by atoms with Gasteiger partial charge in [-0.1, -0.05) is 47.5 Å². The average Bonchev–Trinajstić information content (AvgIpc) is 3.02. The van der Waals surface area contributed by atoms with Gasteiger partial charge in [-0.3, -0.25) is 19.3 Å². The number of amides is 2. The zero-order chi connectivity index (χ0) is 22.4. The topological polar surface area (TPSA) is 72.9 Å². The Balaban J connectivity index is 1.73. The molecule has 6 nitrogen and oxygen atoms in total. The molecule has 1 fully saturated rings. The van der Waals surface area contributed by atoms with Gasteiger partial charge < -0.3 is 9.47 Å². The van der Waals surface area contributed by atoms with Gasteiger partial charge in [0.25, 0.3) is 11.1 Å². The van der Waals surface area contributed by atoms with Crippen LogP contribution < -0.4 is 9.47 Å². The highest BCUT2D eigenvalue weighted by atomic mass is 79.9. The fourth-order valence-electron chi connectivity index (χ4n) is 2.88. The summed E-state index contributed by atoms with van der Waals surface area (Å²) in [5, 5.41) is -0.465. The van der Waals surface area contributed by atoms with Crippen LogP contribution in [0, 0.1) is 0 Å². The number of unbranched alkanes of at least 4 members (excludes halogenated alkanes) is 1. The first-order valence-electron chi connectivity index (χ1n) is 9.78. The number of benzene rings is 2. The standard InChI is InChI=1S/C23H22BrNO5S/c1-3-4-11-30-19-10-5-15(12-20(19)29-2)13-21-22(27)25(23(28)31-21)14-18(26)16-6-8-17(24)9-7-16/h5-10,12-13H,3-4,11,14H2,1-2H3/b21-13-. The summed E-state index contributed by atoms with van der Waals surface area (Å²) >= 11 is 4.13. The first-order valence-corrected chi connectivity index (χ1v) is 11.4. The highest BCUT2D eigenvalue weighted by Crippen LogP contribution is 2.34. The molecule has 0 spiro atoms. The van der Waals surface area contributed by atoms with Crippen molar-refractivity contribution >= 4 is 50.7 Å². The second-order valence-corrected chi connectivity index (χ2v) is 8.72. The van der Waals surface area contributed by atoms with Crippen LogP contribution in [0.4, 0.5) is 4.79 Å². The predicted octanol–water partition coefficient (Wildman–Crippen LogP) is 5.56. The van der Waals surface area contributed by atoms with Crippen molar-refractivity contribution in [2.45, 2.75) is 19.8 Å². The number of hydrogen-bond donors (Lipinski definition) is 0. The van der Waals surface area contributed by atoms with E-state index in [9.17, 15) is 14.4 Å². The van der Waals surface area contributed by atoms with Crippen LogP contribution in [0.2, 0.25) is 0 Å². The number of carbonyl (C=O) groups is 3. The van der Waals surface area contributed by atoms with Crippen LogP contribution in [0.25, 0.3) is 6.08 Å². The van der Waals surface area contributed by atoms with Gasteiger partial charge >= 0.3 is 0 Å². The van der Waals surface area contributed by atoms with Gasteiger partial charge in [-0.05, 0) is 54.1 Å². The number of nitrogens with zero attached hydrogens (tertiary/aromatic N) is 1. The Bertz CT molecular complexity index is 1020. The summed E-state index contributed by atoms with van der Waals surface area (Å²) in [5.74, 6) is 0.393. The summed E-state index contributed by atoms with van der Waals surface area (Å²) in [6.07, 6.45) is 3.59. The van der Waals surface area contributed by atoms with Gasteiger partial charge in [0.1, 0.15) is 0 Å². The molecule has 1 aliphatic rings. The van der Waals surface area contributed by atoms with Gasteiger partial charge in [0.2, 0.25) is 0 Å². The Morgan fingerprint density at radius 2 is 1.87 bits per heavy atom. The second-order valence-electron chi connectivity index (χ2n) is 6.81. The van der Waals surface area contributed by atoms with Crippen molar-refractivity contribution in [3.05, 3.63) is 63.0 Å². The van der Waals surface area contributed by atoms with Crippen molar-refractivity contribution in [3.8, 4) is 11.5 Å². The molecule has 0 atom stereocenters. The molecule has 0 bridgehead atoms. The molecule has 0 saturated carbocycles. The van der Waals surface area contributed by atoms with E-state index in [-0.39, 0.29) is 17.2 Å². The molecule has 3 rings (SSSR count). The van der Waals surface area contributed by atoms with Crippen molar-refractivity contribution in [1.29, 1.82) is 0 Å². The minimum Gasteiger partial charge on any atom is -0.493 e. The molecule has 0 aromatic heterocycles. The Morgan fingerprint density at radius 1 is 1.13 bits per heavy atom. The molecule has 0 aliphatic carbocycles. The molecule has 0 N–H and O–H groups in total. The Kier molecular flexibility index (Phi) is 7.92. The predicted molar refractivity (Wildman–Crippen MR) is 125 cm³/mol. The number of imide groups is 1. The lowest BCUT2D eigenvalue weighted by Crippen LogP contribution is -2.33. The molecule has 0 unspecified atom stereocenters. The molecule has 1 saturated heterocycles. The number of ketones is 1. The van der Waals surface area contributed by atoms with Crippen molar-refractivity contribution in [1.82, 2.24) is 4.90 Å². The maximum absolute atomic E-state index is 12.7. The molecule has 8 heteroatoms. The number of ether oxygens (including phenoxy) is 2. The smallest absolute Gasteiger partial charge is 0.293 e. The third-order valence-electron chi connectivity index (χ3n) is 4.58. The van der Waals surface area contributed by atoms with E-state index < -0.39 is 11.1 Å². The fourth-order valence-corrected chi connectivity index (χ4v) is 3.98. The van der Waals surface area contributed by atoms with Gasteiger partial charge in [-0.2, -0.15) is 0 Å². The zero-order valence-corrected chi connectivity index (χ0v) is 19.6. The van der Waals surface area contributed by atoms with Gasteiger partial charge in [0.15, 0.2) is 17.3 Å². The maximum atomic E-state index is 12.7. The Hall–Kier alpha value is -2.58. The van der Waals surface area contributed by atoms with E-state index in [0.717, 1.165) is 34.0 Å². The number of rotatable bonds is 9. The summed E-state index contributed by atoms with van der Waals surface area (Å²) in [4.78, 5) is 38.8. The van der Waals surface area contributed by atoms with Crippen LogP contribution in [0.3, 0.4) is 0 Å². The van der Waals surface area contributed by atoms with E-state index in [2.05, 4.69) is 22.9 Å². The largest absolute Gasteiger partial charge is 0.493 e. The van der Waals surface area contributed by atoms with E-state index in [1.54, 1.807) is 55.7 Å². The number of thioether (sulfide) groups is 1. The molecule has 162 valence electrons. The summed E-state index contributed by atoms with van der Waals surface area (Å²) in [7, 11) is 1.55. The van der Waals surface area contributed by atoms with E-state index in [0.29, 0.717) is 29.2 Å². The molecule has 31 heavy (non-hydrogen) atoms. The number of methoxy groups -OCH3 is 1. The molecule has 1 aliphatic heterocycles. The number of carbonyl (C=O) groups excluding carboxylic acids is 3. The highest BCUT2D eigenvalue weighted by molar-refractivity contribution is 9.10. The molecular formula is C23H22BrNO5S. The Morgan fingerprint density at radius 3 is 2.55 bits per heavy atom.